The minimum atomic E-state index is -4.55. The lowest BCUT2D eigenvalue weighted by Gasteiger charge is -2.28. The van der Waals surface area contributed by atoms with Crippen molar-refractivity contribution in [2.24, 2.45) is 0 Å². The number of aromatic nitrogens is 3. The molecule has 0 amide bonds. The lowest BCUT2D eigenvalue weighted by Crippen LogP contribution is -2.43. The molecule has 0 atom stereocenters. The molecule has 1 fully saturated rings. The Kier molecular flexibility index (Phi) is 3.84. The van der Waals surface area contributed by atoms with Gasteiger partial charge < -0.3 is 10.2 Å². The van der Waals surface area contributed by atoms with Crippen molar-refractivity contribution in [3.63, 3.8) is 0 Å². The van der Waals surface area contributed by atoms with E-state index in [1.54, 1.807) is 42.6 Å². The van der Waals surface area contributed by atoms with E-state index in [1.807, 2.05) is 0 Å². The van der Waals surface area contributed by atoms with Crippen LogP contribution in [0.15, 0.2) is 42.6 Å². The fourth-order valence-corrected chi connectivity index (χ4v) is 3.06. The normalized spacial score (nSPS) is 15.7. The highest BCUT2D eigenvalue weighted by molar-refractivity contribution is 5.81. The number of hydrogen-bond donors (Lipinski definition) is 1. The van der Waals surface area contributed by atoms with Gasteiger partial charge in [0, 0.05) is 32.4 Å². The van der Waals surface area contributed by atoms with Gasteiger partial charge in [0.1, 0.15) is 5.82 Å². The zero-order valence-corrected chi connectivity index (χ0v) is 13.3. The van der Waals surface area contributed by atoms with Gasteiger partial charge in [-0.15, -0.1) is 0 Å². The lowest BCUT2D eigenvalue weighted by atomic mass is 10.1. The first-order chi connectivity index (χ1) is 12.0. The third-order valence-corrected chi connectivity index (χ3v) is 4.24. The Bertz CT molecular complexity index is 882. The molecule has 1 aliphatic rings. The summed E-state index contributed by atoms with van der Waals surface area (Å²) in [6.07, 6.45) is -3.00. The number of benzene rings is 1. The van der Waals surface area contributed by atoms with Crippen LogP contribution in [0.3, 0.4) is 0 Å². The van der Waals surface area contributed by atoms with Gasteiger partial charge >= 0.3 is 6.18 Å². The van der Waals surface area contributed by atoms with Crippen molar-refractivity contribution < 1.29 is 13.2 Å². The molecule has 2 aromatic heterocycles. The Morgan fingerprint density at radius 2 is 1.72 bits per heavy atom. The molecular weight excluding hydrogens is 331 g/mol. The van der Waals surface area contributed by atoms with Crippen LogP contribution in [0.25, 0.3) is 16.8 Å². The van der Waals surface area contributed by atoms with Gasteiger partial charge in [0.15, 0.2) is 11.3 Å². The minimum Gasteiger partial charge on any atom is -0.354 e. The number of alkyl halides is 3. The Balaban J connectivity index is 1.91. The van der Waals surface area contributed by atoms with Gasteiger partial charge in [-0.05, 0) is 11.6 Å². The average molecular weight is 347 g/mol. The summed E-state index contributed by atoms with van der Waals surface area (Å²) in [5, 5.41) is 6.99. The van der Waals surface area contributed by atoms with E-state index >= 15 is 0 Å². The highest BCUT2D eigenvalue weighted by atomic mass is 19.4. The first-order valence-corrected chi connectivity index (χ1v) is 8.02. The van der Waals surface area contributed by atoms with Crippen molar-refractivity contribution >= 4 is 11.5 Å². The first kappa shape index (κ1) is 15.9. The molecule has 4 rings (SSSR count). The summed E-state index contributed by atoms with van der Waals surface area (Å²) >= 11 is 0. The van der Waals surface area contributed by atoms with E-state index in [0.29, 0.717) is 11.4 Å². The maximum Gasteiger partial charge on any atom is 0.435 e. The summed E-state index contributed by atoms with van der Waals surface area (Å²) in [6.45, 7) is 3.19. The molecule has 0 bridgehead atoms. The molecule has 0 spiro atoms. The molecule has 25 heavy (non-hydrogen) atoms. The highest BCUT2D eigenvalue weighted by Gasteiger charge is 2.39. The van der Waals surface area contributed by atoms with E-state index in [1.165, 1.54) is 4.52 Å². The number of anilines is 1. The summed E-state index contributed by atoms with van der Waals surface area (Å²) < 4.78 is 41.7. The third kappa shape index (κ3) is 2.93. The van der Waals surface area contributed by atoms with E-state index < -0.39 is 11.9 Å². The van der Waals surface area contributed by atoms with Crippen LogP contribution in [-0.4, -0.2) is 40.8 Å². The second-order valence-corrected chi connectivity index (χ2v) is 5.88. The quantitative estimate of drug-likeness (QED) is 0.774. The number of nitrogens with one attached hydrogen (secondary N) is 1. The standard InChI is InChI=1S/C17H16F3N5/c18-17(19,20)15-14(12-4-2-1-3-5-12)16-22-13(6-9-25(16)23-15)24-10-7-21-8-11-24/h1-6,9,21H,7-8,10-11H2. The number of rotatable bonds is 2. The monoisotopic (exact) mass is 347 g/mol. The van der Waals surface area contributed by atoms with E-state index in [0.717, 1.165) is 26.2 Å². The molecule has 1 saturated heterocycles. The van der Waals surface area contributed by atoms with E-state index in [-0.39, 0.29) is 11.2 Å². The van der Waals surface area contributed by atoms with Crippen molar-refractivity contribution in [1.29, 1.82) is 0 Å². The first-order valence-electron chi connectivity index (χ1n) is 8.02. The summed E-state index contributed by atoms with van der Waals surface area (Å²) in [7, 11) is 0. The summed E-state index contributed by atoms with van der Waals surface area (Å²) in [6, 6.07) is 10.2. The van der Waals surface area contributed by atoms with Gasteiger partial charge in [-0.25, -0.2) is 9.50 Å². The van der Waals surface area contributed by atoms with Crippen molar-refractivity contribution in [2.75, 3.05) is 31.1 Å². The summed E-state index contributed by atoms with van der Waals surface area (Å²) in [5.41, 5.74) is -0.224. The van der Waals surface area contributed by atoms with Gasteiger partial charge in [0.2, 0.25) is 0 Å². The minimum absolute atomic E-state index is 0.0186. The van der Waals surface area contributed by atoms with Crippen LogP contribution in [0.1, 0.15) is 5.69 Å². The summed E-state index contributed by atoms with van der Waals surface area (Å²) in [5.74, 6) is 0.666. The molecule has 1 aromatic carbocycles. The van der Waals surface area contributed by atoms with Gasteiger partial charge in [-0.2, -0.15) is 18.3 Å². The maximum atomic E-state index is 13.5. The van der Waals surface area contributed by atoms with Crippen molar-refractivity contribution in [1.82, 2.24) is 19.9 Å². The fraction of sp³-hybridized carbons (Fsp3) is 0.294. The summed E-state index contributed by atoms with van der Waals surface area (Å²) in [4.78, 5) is 6.57. The lowest BCUT2D eigenvalue weighted by molar-refractivity contribution is -0.140. The molecule has 5 nitrogen and oxygen atoms in total. The third-order valence-electron chi connectivity index (χ3n) is 4.24. The molecule has 0 radical (unpaired) electrons. The molecule has 3 heterocycles. The predicted molar refractivity (Wildman–Crippen MR) is 88.5 cm³/mol. The van der Waals surface area contributed by atoms with Crippen LogP contribution in [0, 0.1) is 0 Å². The number of nitrogens with zero attached hydrogens (tertiary/aromatic N) is 4. The largest absolute Gasteiger partial charge is 0.435 e. The van der Waals surface area contributed by atoms with Crippen LogP contribution >= 0.6 is 0 Å². The second kappa shape index (κ2) is 6.03. The molecule has 3 aromatic rings. The average Bonchev–Trinajstić information content (AvgIpc) is 3.02. The molecule has 1 N–H and O–H groups in total. The van der Waals surface area contributed by atoms with Crippen LogP contribution < -0.4 is 10.2 Å². The number of halogens is 3. The Morgan fingerprint density at radius 3 is 2.40 bits per heavy atom. The molecule has 0 unspecified atom stereocenters. The highest BCUT2D eigenvalue weighted by Crippen LogP contribution is 2.38. The predicted octanol–water partition coefficient (Wildman–Crippen LogP) is 2.82. The van der Waals surface area contributed by atoms with Crippen LogP contribution in [0.2, 0.25) is 0 Å². The van der Waals surface area contributed by atoms with Crippen LogP contribution in [0.5, 0.6) is 0 Å². The van der Waals surface area contributed by atoms with Gasteiger partial charge in [0.25, 0.3) is 0 Å². The molecule has 8 heteroatoms. The van der Waals surface area contributed by atoms with Crippen LogP contribution in [0.4, 0.5) is 19.0 Å². The van der Waals surface area contributed by atoms with Crippen molar-refractivity contribution in [3.05, 3.63) is 48.3 Å². The van der Waals surface area contributed by atoms with E-state index in [4.69, 9.17) is 0 Å². The van der Waals surface area contributed by atoms with E-state index in [2.05, 4.69) is 20.3 Å². The number of piperazine rings is 1. The van der Waals surface area contributed by atoms with Crippen LogP contribution in [-0.2, 0) is 6.18 Å². The Labute approximate surface area is 142 Å². The zero-order chi connectivity index (χ0) is 17.4. The number of fused-ring (bicyclic) bond motifs is 1. The zero-order valence-electron chi connectivity index (χ0n) is 13.3. The fourth-order valence-electron chi connectivity index (χ4n) is 3.06. The Morgan fingerprint density at radius 1 is 1.00 bits per heavy atom. The van der Waals surface area contributed by atoms with Gasteiger partial charge in [-0.1, -0.05) is 30.3 Å². The van der Waals surface area contributed by atoms with Gasteiger partial charge in [-0.3, -0.25) is 0 Å². The second-order valence-electron chi connectivity index (χ2n) is 5.88. The Hall–Kier alpha value is -2.61. The van der Waals surface area contributed by atoms with Crippen molar-refractivity contribution in [2.45, 2.75) is 6.18 Å². The molecule has 0 aliphatic carbocycles. The SMILES string of the molecule is FC(F)(F)c1nn2ccc(N3CCNCC3)nc2c1-c1ccccc1. The topological polar surface area (TPSA) is 45.5 Å². The molecule has 130 valence electrons. The molecular formula is C17H16F3N5. The number of hydrogen-bond acceptors (Lipinski definition) is 4. The maximum absolute atomic E-state index is 13.5. The molecule has 1 aliphatic heterocycles. The van der Waals surface area contributed by atoms with Gasteiger partial charge in [0.05, 0.1) is 5.56 Å². The van der Waals surface area contributed by atoms with E-state index in [9.17, 15) is 13.2 Å². The van der Waals surface area contributed by atoms with Crippen molar-refractivity contribution in [3.8, 4) is 11.1 Å². The smallest absolute Gasteiger partial charge is 0.354 e. The molecule has 0 saturated carbocycles.